The molecule has 1 fully saturated rings. The van der Waals surface area contributed by atoms with Gasteiger partial charge in [-0.25, -0.2) is 9.97 Å². The van der Waals surface area contributed by atoms with Gasteiger partial charge in [-0.2, -0.15) is 5.10 Å². The molecule has 1 saturated heterocycles. The van der Waals surface area contributed by atoms with Gasteiger partial charge in [0.1, 0.15) is 0 Å². The van der Waals surface area contributed by atoms with Gasteiger partial charge in [0.25, 0.3) is 0 Å². The van der Waals surface area contributed by atoms with Gasteiger partial charge in [0.2, 0.25) is 11.9 Å². The number of hydrogen-bond donors (Lipinski definition) is 1. The van der Waals surface area contributed by atoms with Crippen molar-refractivity contribution >= 4 is 11.9 Å². The van der Waals surface area contributed by atoms with Crippen LogP contribution in [0.2, 0.25) is 0 Å². The molecule has 8 heteroatoms. The number of anilines is 1. The summed E-state index contributed by atoms with van der Waals surface area (Å²) in [6, 6.07) is 3.87. The summed E-state index contributed by atoms with van der Waals surface area (Å²) in [6.45, 7) is 5.69. The zero-order valence-corrected chi connectivity index (χ0v) is 15.6. The highest BCUT2D eigenvalue weighted by atomic mass is 16.2. The van der Waals surface area contributed by atoms with E-state index in [9.17, 15) is 4.79 Å². The fourth-order valence-corrected chi connectivity index (χ4v) is 3.96. The lowest BCUT2D eigenvalue weighted by Gasteiger charge is -2.25. The normalized spacial score (nSPS) is 20.3. The molecule has 1 atom stereocenters. The van der Waals surface area contributed by atoms with E-state index in [1.807, 2.05) is 17.2 Å². The van der Waals surface area contributed by atoms with E-state index >= 15 is 0 Å². The van der Waals surface area contributed by atoms with Crippen LogP contribution in [0.1, 0.15) is 25.0 Å². The molecule has 1 N–H and O–H groups in total. The van der Waals surface area contributed by atoms with Gasteiger partial charge in [-0.1, -0.05) is 0 Å². The van der Waals surface area contributed by atoms with Crippen molar-refractivity contribution in [2.45, 2.75) is 32.4 Å². The molecule has 2 aromatic rings. The summed E-state index contributed by atoms with van der Waals surface area (Å²) < 4.78 is 2.09. The van der Waals surface area contributed by atoms with E-state index in [1.165, 1.54) is 5.69 Å². The van der Waals surface area contributed by atoms with Crippen molar-refractivity contribution in [3.63, 3.8) is 0 Å². The Morgan fingerprint density at radius 2 is 1.96 bits per heavy atom. The lowest BCUT2D eigenvalue weighted by molar-refractivity contribution is -0.131. The van der Waals surface area contributed by atoms with Crippen LogP contribution in [0.25, 0.3) is 0 Å². The highest BCUT2D eigenvalue weighted by Crippen LogP contribution is 2.19. The smallest absolute Gasteiger partial charge is 0.236 e. The number of hydrogen-bond acceptors (Lipinski definition) is 6. The number of aromatic nitrogens is 4. The molecule has 144 valence electrons. The molecule has 8 nitrogen and oxygen atoms in total. The van der Waals surface area contributed by atoms with Crippen LogP contribution in [-0.4, -0.2) is 68.2 Å². The van der Waals surface area contributed by atoms with Gasteiger partial charge in [-0.15, -0.1) is 0 Å². The van der Waals surface area contributed by atoms with E-state index in [4.69, 9.17) is 0 Å². The number of rotatable bonds is 6. The van der Waals surface area contributed by atoms with E-state index in [1.54, 1.807) is 12.4 Å². The van der Waals surface area contributed by atoms with Gasteiger partial charge < -0.3 is 10.2 Å². The second-order valence-electron chi connectivity index (χ2n) is 7.42. The zero-order valence-electron chi connectivity index (χ0n) is 15.6. The van der Waals surface area contributed by atoms with Crippen LogP contribution in [0.4, 0.5) is 5.95 Å². The van der Waals surface area contributed by atoms with Gasteiger partial charge in [0.05, 0.1) is 12.2 Å². The SMILES string of the molecule is O=C(CN1Cc2ccnn2C[C@@H](CCNc2ncccn2)C1)N1CCCC1. The highest BCUT2D eigenvalue weighted by Gasteiger charge is 2.26. The first-order chi connectivity index (χ1) is 13.3. The van der Waals surface area contributed by atoms with E-state index in [2.05, 4.69) is 36.0 Å². The monoisotopic (exact) mass is 369 g/mol. The Morgan fingerprint density at radius 3 is 2.78 bits per heavy atom. The molecule has 4 rings (SSSR count). The van der Waals surface area contributed by atoms with Crippen molar-refractivity contribution in [2.75, 3.05) is 38.0 Å². The molecule has 0 saturated carbocycles. The Kier molecular flexibility index (Phi) is 5.62. The minimum Gasteiger partial charge on any atom is -0.354 e. The lowest BCUT2D eigenvalue weighted by atomic mass is 10.1. The number of amides is 1. The summed E-state index contributed by atoms with van der Waals surface area (Å²) >= 11 is 0. The van der Waals surface area contributed by atoms with Gasteiger partial charge in [0, 0.05) is 57.9 Å². The fourth-order valence-electron chi connectivity index (χ4n) is 3.96. The molecule has 27 heavy (non-hydrogen) atoms. The van der Waals surface area contributed by atoms with Crippen LogP contribution in [-0.2, 0) is 17.9 Å². The lowest BCUT2D eigenvalue weighted by Crippen LogP contribution is -2.40. The molecule has 1 amide bonds. The Hall–Kier alpha value is -2.48. The van der Waals surface area contributed by atoms with E-state index in [0.717, 1.165) is 58.5 Å². The predicted molar refractivity (Wildman–Crippen MR) is 102 cm³/mol. The second kappa shape index (κ2) is 8.47. The van der Waals surface area contributed by atoms with Crippen LogP contribution < -0.4 is 5.32 Å². The van der Waals surface area contributed by atoms with Crippen molar-refractivity contribution in [1.82, 2.24) is 29.5 Å². The summed E-state index contributed by atoms with van der Waals surface area (Å²) in [7, 11) is 0. The molecule has 2 aromatic heterocycles. The number of carbonyl (C=O) groups excluding carboxylic acids is 1. The Bertz CT molecular complexity index is 742. The summed E-state index contributed by atoms with van der Waals surface area (Å²) in [5, 5.41) is 7.76. The number of carbonyl (C=O) groups is 1. The maximum absolute atomic E-state index is 12.6. The fraction of sp³-hybridized carbons (Fsp3) is 0.579. The third-order valence-electron chi connectivity index (χ3n) is 5.36. The van der Waals surface area contributed by atoms with Crippen molar-refractivity contribution in [2.24, 2.45) is 5.92 Å². The molecule has 0 aliphatic carbocycles. The third-order valence-corrected chi connectivity index (χ3v) is 5.36. The molecule has 4 heterocycles. The maximum atomic E-state index is 12.6. The maximum Gasteiger partial charge on any atom is 0.236 e. The van der Waals surface area contributed by atoms with Crippen molar-refractivity contribution in [3.8, 4) is 0 Å². The molecule has 0 unspecified atom stereocenters. The van der Waals surface area contributed by atoms with Crippen LogP contribution in [0.15, 0.2) is 30.7 Å². The van der Waals surface area contributed by atoms with Gasteiger partial charge in [0.15, 0.2) is 0 Å². The van der Waals surface area contributed by atoms with Crippen LogP contribution in [0.3, 0.4) is 0 Å². The largest absolute Gasteiger partial charge is 0.354 e. The second-order valence-corrected chi connectivity index (χ2v) is 7.42. The Labute approximate surface area is 159 Å². The van der Waals surface area contributed by atoms with Crippen LogP contribution in [0, 0.1) is 5.92 Å². The first-order valence-corrected chi connectivity index (χ1v) is 9.79. The number of likely N-dealkylation sites (tertiary alicyclic amines) is 1. The standard InChI is InChI=1S/C19H27N7O/c27-18(25-10-1-2-11-25)15-24-12-16(13-26-17(14-24)5-9-23-26)4-8-22-19-20-6-3-7-21-19/h3,5-7,9,16H,1-2,4,8,10-15H2,(H,20,21,22)/t16-/m0/s1. The summed E-state index contributed by atoms with van der Waals surface area (Å²) in [6.07, 6.45) is 8.58. The quantitative estimate of drug-likeness (QED) is 0.825. The van der Waals surface area contributed by atoms with Crippen molar-refractivity contribution in [3.05, 3.63) is 36.4 Å². The summed E-state index contributed by atoms with van der Waals surface area (Å²) in [4.78, 5) is 25.3. The van der Waals surface area contributed by atoms with E-state index < -0.39 is 0 Å². The molecule has 0 bridgehead atoms. The highest BCUT2D eigenvalue weighted by molar-refractivity contribution is 5.78. The molecule has 0 aromatic carbocycles. The summed E-state index contributed by atoms with van der Waals surface area (Å²) in [5.74, 6) is 1.34. The first kappa shape index (κ1) is 17.9. The van der Waals surface area contributed by atoms with E-state index in [-0.39, 0.29) is 5.91 Å². The minimum atomic E-state index is 0.259. The predicted octanol–water partition coefficient (Wildman–Crippen LogP) is 1.23. The zero-order chi connectivity index (χ0) is 18.5. The van der Waals surface area contributed by atoms with Gasteiger partial charge in [-0.3, -0.25) is 14.4 Å². The molecule has 0 radical (unpaired) electrons. The molecule has 0 spiro atoms. The van der Waals surface area contributed by atoms with E-state index in [0.29, 0.717) is 18.4 Å². The summed E-state index contributed by atoms with van der Waals surface area (Å²) in [5.41, 5.74) is 1.19. The Morgan fingerprint density at radius 1 is 1.15 bits per heavy atom. The number of nitrogens with one attached hydrogen (secondary N) is 1. The average molecular weight is 369 g/mol. The molecular formula is C19H27N7O. The molecule has 2 aliphatic rings. The first-order valence-electron chi connectivity index (χ1n) is 9.79. The topological polar surface area (TPSA) is 79.2 Å². The van der Waals surface area contributed by atoms with Crippen LogP contribution in [0.5, 0.6) is 0 Å². The van der Waals surface area contributed by atoms with Gasteiger partial charge >= 0.3 is 0 Å². The Balaban J connectivity index is 1.36. The number of nitrogens with zero attached hydrogens (tertiary/aromatic N) is 6. The third kappa shape index (κ3) is 4.63. The minimum absolute atomic E-state index is 0.259. The van der Waals surface area contributed by atoms with Crippen LogP contribution >= 0.6 is 0 Å². The van der Waals surface area contributed by atoms with Gasteiger partial charge in [-0.05, 0) is 37.3 Å². The van der Waals surface area contributed by atoms with Crippen molar-refractivity contribution < 1.29 is 4.79 Å². The van der Waals surface area contributed by atoms with Crippen molar-refractivity contribution in [1.29, 1.82) is 0 Å². The average Bonchev–Trinajstić information content (AvgIpc) is 3.33. The molecule has 2 aliphatic heterocycles. The molecular weight excluding hydrogens is 342 g/mol. The number of fused-ring (bicyclic) bond motifs is 1.